The van der Waals surface area contributed by atoms with Crippen molar-refractivity contribution in [1.29, 1.82) is 0 Å². The van der Waals surface area contributed by atoms with Gasteiger partial charge < -0.3 is 10.2 Å². The van der Waals surface area contributed by atoms with Gasteiger partial charge in [0.25, 0.3) is 0 Å². The van der Waals surface area contributed by atoms with Crippen molar-refractivity contribution < 1.29 is 0 Å². The first-order chi connectivity index (χ1) is 7.84. The number of nitrogens with zero attached hydrogens (tertiary/aromatic N) is 1. The van der Waals surface area contributed by atoms with Crippen molar-refractivity contribution >= 4 is 22.7 Å². The monoisotopic (exact) mass is 230 g/mol. The SMILES string of the molecule is CN1CC(c2ccccc2)Nc2cscc21. The molecule has 1 aliphatic rings. The standard InChI is InChI=1S/C13H14N2S/c1-15-7-11(10-5-3-2-4-6-10)14-12-8-16-9-13(12)15/h2-6,8-9,11,14H,7H2,1H3. The molecule has 0 amide bonds. The van der Waals surface area contributed by atoms with E-state index in [4.69, 9.17) is 0 Å². The Hall–Kier alpha value is -1.48. The van der Waals surface area contributed by atoms with Gasteiger partial charge in [0.1, 0.15) is 0 Å². The fourth-order valence-electron chi connectivity index (χ4n) is 2.17. The zero-order chi connectivity index (χ0) is 11.0. The van der Waals surface area contributed by atoms with E-state index in [9.17, 15) is 0 Å². The smallest absolute Gasteiger partial charge is 0.0709 e. The summed E-state index contributed by atoms with van der Waals surface area (Å²) in [6, 6.07) is 11.0. The molecule has 0 fully saturated rings. The lowest BCUT2D eigenvalue weighted by Gasteiger charge is -2.33. The zero-order valence-electron chi connectivity index (χ0n) is 9.18. The highest BCUT2D eigenvalue weighted by molar-refractivity contribution is 7.09. The summed E-state index contributed by atoms with van der Waals surface area (Å²) < 4.78 is 0. The number of likely N-dealkylation sites (N-methyl/N-ethyl adjacent to an activating group) is 1. The van der Waals surface area contributed by atoms with Crippen LogP contribution in [0.3, 0.4) is 0 Å². The highest BCUT2D eigenvalue weighted by atomic mass is 32.1. The Bertz CT molecular complexity index is 478. The minimum atomic E-state index is 0.397. The molecule has 0 aliphatic carbocycles. The average molecular weight is 230 g/mol. The molecule has 82 valence electrons. The van der Waals surface area contributed by atoms with Gasteiger partial charge in [-0.05, 0) is 5.56 Å². The molecule has 0 saturated heterocycles. The second kappa shape index (κ2) is 3.83. The molecule has 1 aromatic carbocycles. The number of rotatable bonds is 1. The van der Waals surface area contributed by atoms with Crippen LogP contribution < -0.4 is 10.2 Å². The minimum Gasteiger partial charge on any atom is -0.374 e. The summed E-state index contributed by atoms with van der Waals surface area (Å²) in [6.45, 7) is 1.02. The lowest BCUT2D eigenvalue weighted by atomic mass is 10.0. The van der Waals surface area contributed by atoms with E-state index in [-0.39, 0.29) is 0 Å². The molecule has 0 bridgehead atoms. The molecule has 0 saturated carbocycles. The Balaban J connectivity index is 1.92. The number of anilines is 2. The van der Waals surface area contributed by atoms with Crippen molar-refractivity contribution in [1.82, 2.24) is 0 Å². The van der Waals surface area contributed by atoms with Crippen LogP contribution >= 0.6 is 11.3 Å². The highest BCUT2D eigenvalue weighted by Gasteiger charge is 2.22. The van der Waals surface area contributed by atoms with E-state index in [2.05, 4.69) is 58.4 Å². The summed E-state index contributed by atoms with van der Waals surface area (Å²) >= 11 is 1.75. The summed E-state index contributed by atoms with van der Waals surface area (Å²) in [4.78, 5) is 2.32. The van der Waals surface area contributed by atoms with Crippen molar-refractivity contribution in [3.8, 4) is 0 Å². The van der Waals surface area contributed by atoms with E-state index in [1.807, 2.05) is 0 Å². The van der Waals surface area contributed by atoms with Gasteiger partial charge in [0.2, 0.25) is 0 Å². The first-order valence-electron chi connectivity index (χ1n) is 5.43. The number of fused-ring (bicyclic) bond motifs is 1. The van der Waals surface area contributed by atoms with Crippen LogP contribution in [0.1, 0.15) is 11.6 Å². The van der Waals surface area contributed by atoms with Crippen LogP contribution in [0.15, 0.2) is 41.1 Å². The van der Waals surface area contributed by atoms with Crippen LogP contribution in [0.2, 0.25) is 0 Å². The van der Waals surface area contributed by atoms with E-state index in [0.29, 0.717) is 6.04 Å². The van der Waals surface area contributed by atoms with Crippen LogP contribution in [0.4, 0.5) is 11.4 Å². The maximum atomic E-state index is 3.59. The third-order valence-electron chi connectivity index (χ3n) is 3.04. The van der Waals surface area contributed by atoms with Gasteiger partial charge in [-0.25, -0.2) is 0 Å². The Labute approximate surface area is 99.5 Å². The number of thiophene rings is 1. The molecule has 3 heteroatoms. The molecule has 1 N–H and O–H groups in total. The first-order valence-corrected chi connectivity index (χ1v) is 6.37. The summed E-state index contributed by atoms with van der Waals surface area (Å²) in [7, 11) is 2.16. The number of benzene rings is 1. The molecule has 3 rings (SSSR count). The van der Waals surface area contributed by atoms with Gasteiger partial charge in [-0.3, -0.25) is 0 Å². The molecule has 16 heavy (non-hydrogen) atoms. The van der Waals surface area contributed by atoms with Gasteiger partial charge in [0.05, 0.1) is 17.4 Å². The van der Waals surface area contributed by atoms with E-state index in [1.54, 1.807) is 11.3 Å². The fraction of sp³-hybridized carbons (Fsp3) is 0.231. The summed E-state index contributed by atoms with van der Waals surface area (Å²) in [5, 5.41) is 7.97. The van der Waals surface area contributed by atoms with Gasteiger partial charge in [-0.2, -0.15) is 0 Å². The van der Waals surface area contributed by atoms with Gasteiger partial charge in [0, 0.05) is 24.4 Å². The summed E-state index contributed by atoms with van der Waals surface area (Å²) in [6.07, 6.45) is 0. The molecule has 0 spiro atoms. The molecule has 1 aromatic heterocycles. The normalized spacial score (nSPS) is 19.1. The molecule has 1 unspecified atom stereocenters. The van der Waals surface area contributed by atoms with Crippen LogP contribution in [-0.4, -0.2) is 13.6 Å². The Kier molecular flexibility index (Phi) is 2.33. The second-order valence-corrected chi connectivity index (χ2v) is 4.90. The molecule has 2 aromatic rings. The van der Waals surface area contributed by atoms with Gasteiger partial charge >= 0.3 is 0 Å². The molecule has 0 radical (unpaired) electrons. The van der Waals surface area contributed by atoms with E-state index < -0.39 is 0 Å². The van der Waals surface area contributed by atoms with Crippen LogP contribution in [-0.2, 0) is 0 Å². The zero-order valence-corrected chi connectivity index (χ0v) is 10.00. The molecule has 1 atom stereocenters. The average Bonchev–Trinajstić information content (AvgIpc) is 2.79. The van der Waals surface area contributed by atoms with Crippen molar-refractivity contribution in [3.05, 3.63) is 46.7 Å². The van der Waals surface area contributed by atoms with Gasteiger partial charge in [0.15, 0.2) is 0 Å². The molecular formula is C13H14N2S. The van der Waals surface area contributed by atoms with Crippen LogP contribution in [0.25, 0.3) is 0 Å². The molecule has 2 heterocycles. The summed E-state index contributed by atoms with van der Waals surface area (Å²) in [5.41, 5.74) is 3.93. The number of hydrogen-bond acceptors (Lipinski definition) is 3. The van der Waals surface area contributed by atoms with Crippen LogP contribution in [0, 0.1) is 0 Å². The van der Waals surface area contributed by atoms with Crippen molar-refractivity contribution in [2.75, 3.05) is 23.8 Å². The summed E-state index contributed by atoms with van der Waals surface area (Å²) in [5.74, 6) is 0. The lowest BCUT2D eigenvalue weighted by Crippen LogP contribution is -2.32. The number of nitrogens with one attached hydrogen (secondary N) is 1. The fourth-order valence-corrected chi connectivity index (χ4v) is 3.00. The maximum Gasteiger partial charge on any atom is 0.0709 e. The van der Waals surface area contributed by atoms with Crippen molar-refractivity contribution in [3.63, 3.8) is 0 Å². The quantitative estimate of drug-likeness (QED) is 0.808. The van der Waals surface area contributed by atoms with E-state index in [1.165, 1.54) is 16.9 Å². The molecule has 2 nitrogen and oxygen atoms in total. The Morgan fingerprint density at radius 1 is 1.25 bits per heavy atom. The molecular weight excluding hydrogens is 216 g/mol. The Morgan fingerprint density at radius 2 is 2.06 bits per heavy atom. The second-order valence-electron chi connectivity index (χ2n) is 4.16. The maximum absolute atomic E-state index is 3.59. The largest absolute Gasteiger partial charge is 0.374 e. The molecule has 1 aliphatic heterocycles. The topological polar surface area (TPSA) is 15.3 Å². The first kappa shape index (κ1) is 9.73. The predicted molar refractivity (Wildman–Crippen MR) is 70.4 cm³/mol. The van der Waals surface area contributed by atoms with Crippen molar-refractivity contribution in [2.24, 2.45) is 0 Å². The lowest BCUT2D eigenvalue weighted by molar-refractivity contribution is 0.728. The highest BCUT2D eigenvalue weighted by Crippen LogP contribution is 2.37. The van der Waals surface area contributed by atoms with Gasteiger partial charge in [-0.1, -0.05) is 30.3 Å². The van der Waals surface area contributed by atoms with Gasteiger partial charge in [-0.15, -0.1) is 11.3 Å². The van der Waals surface area contributed by atoms with E-state index >= 15 is 0 Å². The van der Waals surface area contributed by atoms with E-state index in [0.717, 1.165) is 6.54 Å². The third-order valence-corrected chi connectivity index (χ3v) is 3.77. The minimum absolute atomic E-state index is 0.397. The predicted octanol–water partition coefficient (Wildman–Crippen LogP) is 3.35. The number of hydrogen-bond donors (Lipinski definition) is 1. The van der Waals surface area contributed by atoms with Crippen LogP contribution in [0.5, 0.6) is 0 Å². The third kappa shape index (κ3) is 1.57. The van der Waals surface area contributed by atoms with Crippen molar-refractivity contribution in [2.45, 2.75) is 6.04 Å². The Morgan fingerprint density at radius 3 is 2.88 bits per heavy atom.